The van der Waals surface area contributed by atoms with Crippen molar-refractivity contribution in [2.24, 2.45) is 0 Å². The van der Waals surface area contributed by atoms with Gasteiger partial charge in [-0.05, 0) is 132 Å². The highest BCUT2D eigenvalue weighted by Crippen LogP contribution is 2.46. The molecule has 0 aliphatic carbocycles. The molecule has 0 fully saturated rings. The third kappa shape index (κ3) is 6.45. The molecule has 12 aromatic carbocycles. The average Bonchev–Trinajstić information content (AvgIpc) is 3.34. The fourth-order valence-electron chi connectivity index (χ4n) is 9.57. The lowest BCUT2D eigenvalue weighted by Gasteiger charge is -2.18. The lowest BCUT2D eigenvalue weighted by Crippen LogP contribution is -1.92. The Hall–Kier alpha value is -7.07. The van der Waals surface area contributed by atoms with E-state index in [-0.39, 0.29) is 0 Å². The van der Waals surface area contributed by atoms with Crippen LogP contribution in [0.2, 0.25) is 0 Å². The van der Waals surface area contributed by atoms with Crippen LogP contribution in [0.25, 0.3) is 109 Å². The van der Waals surface area contributed by atoms with Gasteiger partial charge in [-0.1, -0.05) is 231 Å². The first kappa shape index (κ1) is 37.0. The molecule has 0 spiro atoms. The van der Waals surface area contributed by atoms with Crippen molar-refractivity contribution in [3.05, 3.63) is 240 Å². The molecule has 0 nitrogen and oxygen atoms in total. The smallest absolute Gasteiger partial charge is 0.0215 e. The standard InChI is InChI=1S/C30H19I.C30H20/c31-27-19-18-26-24-15-8-7-14-23(24)25-17-9-16-22(20-10-3-1-4-11-20)29(25)30(26)28(27)21-12-5-2-6-13-21;1-3-11-21(12-4-1)23-17-9-19-27-25-15-7-8-16-26(25)28-20-10-18-24(30(28)29(23)27)22-13-5-2-6-14-22/h1-19H;1-20H. The first-order chi connectivity index (χ1) is 30.2. The fourth-order valence-corrected chi connectivity index (χ4v) is 10.3. The largest absolute Gasteiger partial charge is 0.0622 e. The summed E-state index contributed by atoms with van der Waals surface area (Å²) in [4.78, 5) is 0. The molecule has 12 aromatic rings. The van der Waals surface area contributed by atoms with Gasteiger partial charge in [-0.15, -0.1) is 0 Å². The summed E-state index contributed by atoms with van der Waals surface area (Å²) in [5, 5.41) is 15.8. The first-order valence-corrected chi connectivity index (χ1v) is 22.0. The minimum Gasteiger partial charge on any atom is -0.0622 e. The number of hydrogen-bond donors (Lipinski definition) is 0. The molecule has 0 aromatic heterocycles. The van der Waals surface area contributed by atoms with Crippen molar-refractivity contribution >= 4 is 87.2 Å². The molecule has 0 heterocycles. The Kier molecular flexibility index (Phi) is 9.60. The maximum absolute atomic E-state index is 2.49. The predicted octanol–water partition coefficient (Wildman–Crippen LogP) is 17.6. The summed E-state index contributed by atoms with van der Waals surface area (Å²) < 4.78 is 1.27. The van der Waals surface area contributed by atoms with Crippen LogP contribution < -0.4 is 0 Å². The Labute approximate surface area is 369 Å². The van der Waals surface area contributed by atoms with Crippen LogP contribution in [-0.2, 0) is 0 Å². The van der Waals surface area contributed by atoms with Crippen LogP contribution in [-0.4, -0.2) is 0 Å². The molecule has 0 radical (unpaired) electrons. The molecular formula is C60H39I. The lowest BCUT2D eigenvalue weighted by molar-refractivity contribution is 1.63. The summed E-state index contributed by atoms with van der Waals surface area (Å²) in [6, 6.07) is 85.4. The van der Waals surface area contributed by atoms with Gasteiger partial charge >= 0.3 is 0 Å². The van der Waals surface area contributed by atoms with E-state index in [0.717, 1.165) is 0 Å². The van der Waals surface area contributed by atoms with Crippen molar-refractivity contribution in [2.45, 2.75) is 0 Å². The van der Waals surface area contributed by atoms with E-state index in [1.54, 1.807) is 0 Å². The Balaban J connectivity index is 0.000000138. The van der Waals surface area contributed by atoms with Crippen molar-refractivity contribution in [1.29, 1.82) is 0 Å². The van der Waals surface area contributed by atoms with Gasteiger partial charge in [-0.25, -0.2) is 0 Å². The molecule has 61 heavy (non-hydrogen) atoms. The van der Waals surface area contributed by atoms with E-state index < -0.39 is 0 Å². The number of rotatable bonds is 4. The predicted molar refractivity (Wildman–Crippen MR) is 272 cm³/mol. The van der Waals surface area contributed by atoms with E-state index in [2.05, 4.69) is 259 Å². The zero-order valence-corrected chi connectivity index (χ0v) is 35.6. The number of benzene rings is 12. The van der Waals surface area contributed by atoms with E-state index in [1.807, 2.05) is 0 Å². The van der Waals surface area contributed by atoms with Crippen LogP contribution >= 0.6 is 22.6 Å². The molecule has 0 amide bonds. The van der Waals surface area contributed by atoms with Crippen LogP contribution in [0, 0.1) is 3.57 Å². The number of hydrogen-bond acceptors (Lipinski definition) is 0. The molecule has 0 bridgehead atoms. The molecule has 0 aliphatic heterocycles. The summed E-state index contributed by atoms with van der Waals surface area (Å²) in [6.07, 6.45) is 0. The average molecular weight is 887 g/mol. The Morgan fingerprint density at radius 3 is 0.836 bits per heavy atom. The maximum atomic E-state index is 2.49. The van der Waals surface area contributed by atoms with Crippen LogP contribution in [0.15, 0.2) is 237 Å². The van der Waals surface area contributed by atoms with Gasteiger partial charge in [-0.2, -0.15) is 0 Å². The molecule has 0 saturated heterocycles. The lowest BCUT2D eigenvalue weighted by atomic mass is 9.86. The van der Waals surface area contributed by atoms with E-state index in [9.17, 15) is 0 Å². The van der Waals surface area contributed by atoms with Gasteiger partial charge < -0.3 is 0 Å². The molecule has 0 atom stereocenters. The summed E-state index contributed by atoms with van der Waals surface area (Å²) in [5.41, 5.74) is 10.2. The van der Waals surface area contributed by atoms with E-state index in [4.69, 9.17) is 0 Å². The van der Waals surface area contributed by atoms with E-state index in [1.165, 1.54) is 113 Å². The zero-order chi connectivity index (χ0) is 40.7. The molecule has 286 valence electrons. The first-order valence-electron chi connectivity index (χ1n) is 20.9. The van der Waals surface area contributed by atoms with Gasteiger partial charge in [0.1, 0.15) is 0 Å². The second-order valence-corrected chi connectivity index (χ2v) is 16.7. The van der Waals surface area contributed by atoms with Crippen molar-refractivity contribution in [1.82, 2.24) is 0 Å². The number of halogens is 1. The third-order valence-corrected chi connectivity index (χ3v) is 13.1. The summed E-state index contributed by atoms with van der Waals surface area (Å²) in [7, 11) is 0. The van der Waals surface area contributed by atoms with Crippen molar-refractivity contribution in [3.8, 4) is 44.5 Å². The normalized spacial score (nSPS) is 11.4. The third-order valence-electron chi connectivity index (χ3n) is 12.2. The minimum absolute atomic E-state index is 1.25. The Morgan fingerprint density at radius 1 is 0.197 bits per heavy atom. The molecule has 0 N–H and O–H groups in total. The van der Waals surface area contributed by atoms with Gasteiger partial charge in [0.25, 0.3) is 0 Å². The van der Waals surface area contributed by atoms with Crippen molar-refractivity contribution in [3.63, 3.8) is 0 Å². The number of fused-ring (bicyclic) bond motifs is 12. The van der Waals surface area contributed by atoms with Gasteiger partial charge in [0.2, 0.25) is 0 Å². The summed E-state index contributed by atoms with van der Waals surface area (Å²) in [5.74, 6) is 0. The van der Waals surface area contributed by atoms with Gasteiger partial charge in [-0.3, -0.25) is 0 Å². The van der Waals surface area contributed by atoms with Gasteiger partial charge in [0.05, 0.1) is 0 Å². The maximum Gasteiger partial charge on any atom is 0.0215 e. The molecule has 12 rings (SSSR count). The van der Waals surface area contributed by atoms with E-state index >= 15 is 0 Å². The monoisotopic (exact) mass is 886 g/mol. The van der Waals surface area contributed by atoms with Crippen molar-refractivity contribution in [2.75, 3.05) is 0 Å². The molecule has 0 aliphatic rings. The molecule has 0 unspecified atom stereocenters. The highest BCUT2D eigenvalue weighted by Gasteiger charge is 2.19. The van der Waals surface area contributed by atoms with Gasteiger partial charge in [0, 0.05) is 9.13 Å². The SMILES string of the molecule is Ic1ccc2c3ccccc3c3cccc(-c4ccccc4)c3c2c1-c1ccccc1.c1ccc(-c2cccc3c4ccccc4c4cccc(-c5ccccc5)c4c23)cc1. The highest BCUT2D eigenvalue weighted by atomic mass is 127. The topological polar surface area (TPSA) is 0 Å². The molecule has 0 saturated carbocycles. The van der Waals surface area contributed by atoms with Crippen molar-refractivity contribution < 1.29 is 0 Å². The summed E-state index contributed by atoms with van der Waals surface area (Å²) in [6.45, 7) is 0. The van der Waals surface area contributed by atoms with Crippen LogP contribution in [0.1, 0.15) is 0 Å². The molecular weight excluding hydrogens is 848 g/mol. The van der Waals surface area contributed by atoms with Gasteiger partial charge in [0.15, 0.2) is 0 Å². The van der Waals surface area contributed by atoms with Crippen LogP contribution in [0.5, 0.6) is 0 Å². The highest BCUT2D eigenvalue weighted by molar-refractivity contribution is 14.1. The Bertz CT molecular complexity index is 3440. The van der Waals surface area contributed by atoms with E-state index in [0.29, 0.717) is 0 Å². The van der Waals surface area contributed by atoms with Crippen LogP contribution in [0.3, 0.4) is 0 Å². The minimum atomic E-state index is 1.25. The summed E-state index contributed by atoms with van der Waals surface area (Å²) >= 11 is 2.49. The molecule has 1 heteroatoms. The second kappa shape index (κ2) is 15.8. The van der Waals surface area contributed by atoms with Crippen LogP contribution in [0.4, 0.5) is 0 Å². The zero-order valence-electron chi connectivity index (χ0n) is 33.4. The second-order valence-electron chi connectivity index (χ2n) is 15.6. The quantitative estimate of drug-likeness (QED) is 0.122. The Morgan fingerprint density at radius 2 is 0.475 bits per heavy atom. The fraction of sp³-hybridized carbons (Fsp3) is 0.